The number of amides is 1. The molecule has 0 radical (unpaired) electrons. The van der Waals surface area contributed by atoms with E-state index in [1.165, 1.54) is 56.6 Å². The minimum Gasteiger partial charge on any atom is -0.497 e. The predicted molar refractivity (Wildman–Crippen MR) is 380 cm³/mol. The largest absolute Gasteiger partial charge is 0.497 e. The van der Waals surface area contributed by atoms with Gasteiger partial charge in [0.1, 0.15) is 59.3 Å². The van der Waals surface area contributed by atoms with Gasteiger partial charge in [-0.25, -0.2) is 18.2 Å². The van der Waals surface area contributed by atoms with Gasteiger partial charge < -0.3 is 47.2 Å². The van der Waals surface area contributed by atoms with Crippen molar-refractivity contribution in [3.63, 3.8) is 0 Å². The summed E-state index contributed by atoms with van der Waals surface area (Å²) in [6.45, 7) is 33.9. The molecule has 1 N–H and O–H groups in total. The van der Waals surface area contributed by atoms with Crippen LogP contribution in [0, 0.1) is 68.8 Å². The molecule has 17 heteroatoms. The van der Waals surface area contributed by atoms with Gasteiger partial charge in [0.2, 0.25) is 0 Å². The van der Waals surface area contributed by atoms with Gasteiger partial charge in [-0.1, -0.05) is 148 Å². The van der Waals surface area contributed by atoms with Gasteiger partial charge in [0.25, 0.3) is 8.53 Å². The molecule has 4 aromatic rings. The van der Waals surface area contributed by atoms with E-state index in [9.17, 15) is 10.1 Å². The van der Waals surface area contributed by atoms with E-state index in [1.54, 1.807) is 14.2 Å². The fraction of sp³-hybridized carbons (Fsp3) is 0.646. The summed E-state index contributed by atoms with van der Waals surface area (Å²) in [5.41, 5.74) is 3.59. The molecule has 13 nitrogen and oxygen atoms in total. The summed E-state index contributed by atoms with van der Waals surface area (Å²) in [7, 11) is -1.51. The molecule has 3 saturated carbocycles. The van der Waals surface area contributed by atoms with E-state index in [1.807, 2.05) is 78.9 Å². The van der Waals surface area contributed by atoms with E-state index in [-0.39, 0.29) is 79.2 Å². The van der Waals surface area contributed by atoms with Crippen molar-refractivity contribution in [1.82, 2.24) is 9.99 Å². The van der Waals surface area contributed by atoms with Crippen LogP contribution in [0.5, 0.6) is 11.5 Å². The van der Waals surface area contributed by atoms with Crippen LogP contribution in [0.25, 0.3) is 0 Å². The molecule has 3 unspecified atom stereocenters. The van der Waals surface area contributed by atoms with Crippen LogP contribution in [0.15, 0.2) is 103 Å². The molecule has 1 aliphatic heterocycles. The van der Waals surface area contributed by atoms with Crippen LogP contribution in [-0.2, 0) is 44.6 Å². The van der Waals surface area contributed by atoms with Crippen molar-refractivity contribution in [3.8, 4) is 17.6 Å². The number of nitriles is 1. The highest BCUT2D eigenvalue weighted by Crippen LogP contribution is 2.71. The van der Waals surface area contributed by atoms with E-state index in [2.05, 4.69) is 125 Å². The van der Waals surface area contributed by atoms with Crippen molar-refractivity contribution in [1.29, 1.82) is 5.26 Å². The van der Waals surface area contributed by atoms with Gasteiger partial charge in [0.15, 0.2) is 8.32 Å². The molecular formula is C79H114F2N3O10PSi. The first-order chi connectivity index (χ1) is 45.5. The lowest BCUT2D eigenvalue weighted by molar-refractivity contribution is -0.0892. The Bertz CT molecular complexity index is 3210. The van der Waals surface area contributed by atoms with E-state index >= 15 is 8.78 Å². The third-order valence-electron chi connectivity index (χ3n) is 23.8. The zero-order chi connectivity index (χ0) is 69.5. The first-order valence-corrected chi connectivity index (χ1v) is 39.9. The fourth-order valence-corrected chi connectivity index (χ4v) is 20.2. The SMILES string of the molecule is COc1ccc(C(OC[C@H]2O[C@@H](c3cc(COCCNC(=O)OC4CC[C@@]5(C)C(=CC[C@@H]6[C@@H]5CC[C@@]5(C)[C@H]6CC[C@]5(C)[C@H](C)CCCC(C)C)C4)c(F)cc3F)[C@@H](O[Si](C)(C)C(C)(C)C)C2OP(OCCC#N)N(C(C)C)C(C)C)(c2ccccc2)c2ccc(OC)cc2)cc1. The molecule has 96 heavy (non-hydrogen) atoms. The minimum absolute atomic E-state index is 0.0452. The number of nitrogens with zero attached hydrogens (tertiary/aromatic N) is 2. The molecule has 1 amide bonds. The van der Waals surface area contributed by atoms with E-state index in [4.69, 9.17) is 41.9 Å². The molecule has 5 aliphatic rings. The smallest absolute Gasteiger partial charge is 0.407 e. The summed E-state index contributed by atoms with van der Waals surface area (Å²) in [4.78, 5) is 13.5. The number of hydrogen-bond donors (Lipinski definition) is 1. The number of rotatable bonds is 30. The number of allylic oxidation sites excluding steroid dienone is 1. The van der Waals surface area contributed by atoms with Crippen LogP contribution in [0.4, 0.5) is 13.6 Å². The average molecular weight is 1360 g/mol. The number of nitrogens with one attached hydrogen (secondary N) is 1. The highest BCUT2D eigenvalue weighted by atomic mass is 31.2. The Labute approximate surface area is 576 Å². The van der Waals surface area contributed by atoms with Gasteiger partial charge >= 0.3 is 6.09 Å². The molecule has 4 fully saturated rings. The van der Waals surface area contributed by atoms with Crippen molar-refractivity contribution in [3.05, 3.63) is 142 Å². The second-order valence-electron chi connectivity index (χ2n) is 31.5. The number of methoxy groups -OCH3 is 2. The summed E-state index contributed by atoms with van der Waals surface area (Å²) in [6.07, 6.45) is 10.8. The zero-order valence-electron chi connectivity index (χ0n) is 60.9. The van der Waals surface area contributed by atoms with Gasteiger partial charge in [0.05, 0.1) is 53.1 Å². The molecule has 0 bridgehead atoms. The Morgan fingerprint density at radius 2 is 1.44 bits per heavy atom. The zero-order valence-corrected chi connectivity index (χ0v) is 62.8. The second-order valence-corrected chi connectivity index (χ2v) is 37.6. The third kappa shape index (κ3) is 16.0. The number of ether oxygens (including phenoxy) is 6. The number of hydrogen-bond acceptors (Lipinski definition) is 12. The van der Waals surface area contributed by atoms with Crippen LogP contribution in [-0.4, -0.2) is 96.2 Å². The van der Waals surface area contributed by atoms with Crippen molar-refractivity contribution in [2.24, 2.45) is 45.8 Å². The third-order valence-corrected chi connectivity index (χ3v) is 30.4. The summed E-state index contributed by atoms with van der Waals surface area (Å²) in [5.74, 6) is 3.30. The van der Waals surface area contributed by atoms with E-state index < -0.39 is 64.6 Å². The van der Waals surface area contributed by atoms with Crippen molar-refractivity contribution < 1.29 is 55.5 Å². The lowest BCUT2D eigenvalue weighted by Gasteiger charge is -2.60. The Kier molecular flexibility index (Phi) is 25.0. The molecule has 9 rings (SSSR count). The summed E-state index contributed by atoms with van der Waals surface area (Å²) >= 11 is 0. The number of carbonyl (C=O) groups is 1. The normalized spacial score (nSPS) is 27.4. The number of alkyl carbamates (subject to hydrolysis) is 1. The predicted octanol–water partition coefficient (Wildman–Crippen LogP) is 19.5. The Morgan fingerprint density at radius 1 is 0.802 bits per heavy atom. The van der Waals surface area contributed by atoms with Crippen LogP contribution in [0.1, 0.15) is 201 Å². The fourth-order valence-electron chi connectivity index (χ4n) is 17.1. The highest BCUT2D eigenvalue weighted by Gasteiger charge is 2.64. The van der Waals surface area contributed by atoms with Crippen LogP contribution >= 0.6 is 8.53 Å². The van der Waals surface area contributed by atoms with Crippen LogP contribution in [0.2, 0.25) is 18.1 Å². The molecule has 528 valence electrons. The highest BCUT2D eigenvalue weighted by molar-refractivity contribution is 7.44. The summed E-state index contributed by atoms with van der Waals surface area (Å²) in [5, 5.41) is 12.3. The molecule has 4 aliphatic carbocycles. The van der Waals surface area contributed by atoms with Crippen molar-refractivity contribution >= 4 is 22.9 Å². The van der Waals surface area contributed by atoms with Crippen LogP contribution in [0.3, 0.4) is 0 Å². The molecule has 1 heterocycles. The topological polar surface area (TPSA) is 139 Å². The van der Waals surface area contributed by atoms with Gasteiger partial charge in [-0.2, -0.15) is 5.26 Å². The molecule has 13 atom stereocenters. The maximum atomic E-state index is 17.2. The van der Waals surface area contributed by atoms with Gasteiger partial charge in [0, 0.05) is 42.2 Å². The molecular weight excluding hydrogens is 1250 g/mol. The first-order valence-electron chi connectivity index (χ1n) is 35.8. The molecule has 1 saturated heterocycles. The maximum absolute atomic E-state index is 17.2. The van der Waals surface area contributed by atoms with Crippen LogP contribution < -0.4 is 14.8 Å². The lowest BCUT2D eigenvalue weighted by atomic mass is 9.44. The van der Waals surface area contributed by atoms with E-state index in [0.717, 1.165) is 66.2 Å². The molecule has 0 aromatic heterocycles. The first kappa shape index (κ1) is 75.4. The van der Waals surface area contributed by atoms with Crippen molar-refractivity contribution in [2.45, 2.75) is 240 Å². The Morgan fingerprint density at radius 3 is 2.04 bits per heavy atom. The second kappa shape index (κ2) is 31.8. The Hall–Kier alpha value is -4.79. The number of carbonyl (C=O) groups excluding carboxylic acids is 1. The summed E-state index contributed by atoms with van der Waals surface area (Å²) in [6, 6.07) is 29.9. The number of benzene rings is 4. The van der Waals surface area contributed by atoms with E-state index in [0.29, 0.717) is 34.2 Å². The quantitative estimate of drug-likeness (QED) is 0.0175. The number of halogens is 2. The molecule has 4 aromatic carbocycles. The van der Waals surface area contributed by atoms with Gasteiger partial charge in [-0.15, -0.1) is 0 Å². The minimum atomic E-state index is -2.82. The maximum Gasteiger partial charge on any atom is 0.407 e. The average Bonchev–Trinajstić information content (AvgIpc) is 1.47. The van der Waals surface area contributed by atoms with Gasteiger partial charge in [-0.3, -0.25) is 0 Å². The summed E-state index contributed by atoms with van der Waals surface area (Å²) < 4.78 is 95.6. The van der Waals surface area contributed by atoms with Crippen molar-refractivity contribution in [2.75, 3.05) is 40.6 Å². The monoisotopic (exact) mass is 1360 g/mol. The standard InChI is InChI=1S/C79H114F2N3O10PSi/c1-52(2)23-21-24-55(7)77(12)41-39-67-64-36-31-60-48-63(37-40-76(60,11)66(64)38-42-78(67,77)13)91-74(85)83-44-46-88-50-56-47-65(69(81)49-68(56)80)71-73(94-96(16,17)75(8,9)10)72(93-95(90-45-22-43-82)84(53(3)4)54(5)6)70(92-71)51-89-79(57-25-19-18-20-26-57,58-27-32-61(86-14)33-28-58)59-29-34-62(87-15)35-30-59/h18-20,25-35,47,49,52-55,63-64,66-67,70-73H,21-24,36-42,44-46,48,50-51H2,1-17H3,(H,83,85)/t55-,63?,64-,66+,67+,70-,71+,72?,73-,76+,77-,78+,95?/m1/s1. The molecule has 0 spiro atoms. The number of fused-ring (bicyclic) bond motifs is 5. The lowest BCUT2D eigenvalue weighted by Crippen LogP contribution is -2.53. The Balaban J connectivity index is 0.941. The van der Waals surface area contributed by atoms with Gasteiger partial charge in [-0.05, 0) is 184 Å².